The first-order valence-electron chi connectivity index (χ1n) is 6.91. The van der Waals surface area contributed by atoms with Gasteiger partial charge in [0.15, 0.2) is 5.13 Å². The average molecular weight is 355 g/mol. The largest absolute Gasteiger partial charge is 0.298 e. The Hall–Kier alpha value is -1.84. The van der Waals surface area contributed by atoms with E-state index in [2.05, 4.69) is 15.0 Å². The zero-order valence-corrected chi connectivity index (χ0v) is 13.8. The van der Waals surface area contributed by atoms with Crippen LogP contribution in [0.2, 0.25) is 0 Å². The zero-order valence-electron chi connectivity index (χ0n) is 12.2. The zero-order chi connectivity index (χ0) is 16.6. The van der Waals surface area contributed by atoms with E-state index in [1.165, 1.54) is 17.4 Å². The van der Waals surface area contributed by atoms with E-state index in [1.807, 2.05) is 6.92 Å². The van der Waals surface area contributed by atoms with Crippen LogP contribution >= 0.6 is 11.3 Å². The van der Waals surface area contributed by atoms with Crippen LogP contribution in [0.1, 0.15) is 28.1 Å². The van der Waals surface area contributed by atoms with Crippen LogP contribution in [0.5, 0.6) is 0 Å². The molecule has 1 aliphatic rings. The molecule has 0 bridgehead atoms. The monoisotopic (exact) mass is 355 g/mol. The summed E-state index contributed by atoms with van der Waals surface area (Å²) in [6, 6.07) is 3.11. The SMILES string of the molecule is Cc1cnc(NC(=O)c2ccc(F)c(S(=O)(=O)NC3CC3)c2)s1. The molecule has 1 aromatic carbocycles. The number of hydrogen-bond acceptors (Lipinski definition) is 5. The molecule has 0 saturated heterocycles. The third-order valence-corrected chi connectivity index (χ3v) is 5.59. The summed E-state index contributed by atoms with van der Waals surface area (Å²) in [6.07, 6.45) is 3.09. The minimum Gasteiger partial charge on any atom is -0.298 e. The summed E-state index contributed by atoms with van der Waals surface area (Å²) in [4.78, 5) is 16.6. The van der Waals surface area contributed by atoms with Crippen LogP contribution in [0.25, 0.3) is 0 Å². The first-order valence-corrected chi connectivity index (χ1v) is 9.21. The normalized spacial score (nSPS) is 14.7. The molecule has 6 nitrogen and oxygen atoms in total. The molecule has 1 aromatic heterocycles. The number of aromatic nitrogens is 1. The third-order valence-electron chi connectivity index (χ3n) is 3.22. The molecule has 0 radical (unpaired) electrons. The number of nitrogens with one attached hydrogen (secondary N) is 2. The van der Waals surface area contributed by atoms with Gasteiger partial charge in [0, 0.05) is 22.7 Å². The van der Waals surface area contributed by atoms with Gasteiger partial charge in [0.1, 0.15) is 10.7 Å². The number of thiazole rings is 1. The molecule has 122 valence electrons. The van der Waals surface area contributed by atoms with Crippen LogP contribution in [0.3, 0.4) is 0 Å². The summed E-state index contributed by atoms with van der Waals surface area (Å²) < 4.78 is 40.6. The van der Waals surface area contributed by atoms with E-state index in [0.717, 1.165) is 29.9 Å². The summed E-state index contributed by atoms with van der Waals surface area (Å²) >= 11 is 1.29. The van der Waals surface area contributed by atoms with Crippen LogP contribution in [0, 0.1) is 12.7 Å². The Morgan fingerprint density at radius 2 is 2.13 bits per heavy atom. The van der Waals surface area contributed by atoms with Crippen molar-refractivity contribution >= 4 is 32.4 Å². The van der Waals surface area contributed by atoms with E-state index in [0.29, 0.717) is 5.13 Å². The maximum Gasteiger partial charge on any atom is 0.257 e. The molecular formula is C14H14FN3O3S2. The van der Waals surface area contributed by atoms with Crippen molar-refractivity contribution in [1.29, 1.82) is 0 Å². The van der Waals surface area contributed by atoms with Gasteiger partial charge in [0.05, 0.1) is 0 Å². The van der Waals surface area contributed by atoms with Gasteiger partial charge in [-0.1, -0.05) is 0 Å². The standard InChI is InChI=1S/C14H14FN3O3S2/c1-8-7-16-14(22-8)17-13(19)9-2-5-11(15)12(6-9)23(20,21)18-10-3-4-10/h2,5-7,10,18H,3-4H2,1H3,(H,16,17,19). The van der Waals surface area contributed by atoms with Crippen molar-refractivity contribution < 1.29 is 17.6 Å². The predicted octanol–water partition coefficient (Wildman–Crippen LogP) is 2.28. The minimum atomic E-state index is -3.97. The van der Waals surface area contributed by atoms with Crippen molar-refractivity contribution in [2.45, 2.75) is 30.7 Å². The molecule has 0 aliphatic heterocycles. The van der Waals surface area contributed by atoms with E-state index in [9.17, 15) is 17.6 Å². The lowest BCUT2D eigenvalue weighted by Crippen LogP contribution is -2.27. The second-order valence-electron chi connectivity index (χ2n) is 5.27. The van der Waals surface area contributed by atoms with Crippen LogP contribution in [-0.4, -0.2) is 25.4 Å². The van der Waals surface area contributed by atoms with Crippen LogP contribution in [0.4, 0.5) is 9.52 Å². The quantitative estimate of drug-likeness (QED) is 0.861. The molecule has 1 fully saturated rings. The topological polar surface area (TPSA) is 88.2 Å². The highest BCUT2D eigenvalue weighted by Gasteiger charge is 2.30. The summed E-state index contributed by atoms with van der Waals surface area (Å²) in [6.45, 7) is 1.85. The number of halogens is 1. The molecule has 0 spiro atoms. The summed E-state index contributed by atoms with van der Waals surface area (Å²) in [5, 5.41) is 2.96. The Morgan fingerprint density at radius 3 is 2.74 bits per heavy atom. The number of rotatable bonds is 5. The number of sulfonamides is 1. The fourth-order valence-corrected chi connectivity index (χ4v) is 3.98. The van der Waals surface area contributed by atoms with Crippen molar-refractivity contribution in [3.63, 3.8) is 0 Å². The van der Waals surface area contributed by atoms with Crippen LogP contribution in [0.15, 0.2) is 29.3 Å². The summed E-state index contributed by atoms with van der Waals surface area (Å²) in [5.41, 5.74) is 0.0513. The van der Waals surface area contributed by atoms with Gasteiger partial charge >= 0.3 is 0 Å². The number of nitrogens with zero attached hydrogens (tertiary/aromatic N) is 1. The molecule has 0 unspecified atom stereocenters. The van der Waals surface area contributed by atoms with Gasteiger partial charge in [-0.2, -0.15) is 0 Å². The molecule has 2 aromatic rings. The predicted molar refractivity (Wildman–Crippen MR) is 84.5 cm³/mol. The lowest BCUT2D eigenvalue weighted by molar-refractivity contribution is 0.102. The Kier molecular flexibility index (Phi) is 4.17. The third kappa shape index (κ3) is 3.74. The molecule has 1 amide bonds. The van der Waals surface area contributed by atoms with E-state index < -0.39 is 26.6 Å². The maximum atomic E-state index is 13.9. The fourth-order valence-electron chi connectivity index (χ4n) is 1.92. The number of benzene rings is 1. The lowest BCUT2D eigenvalue weighted by atomic mass is 10.2. The van der Waals surface area contributed by atoms with E-state index >= 15 is 0 Å². The molecule has 1 heterocycles. The van der Waals surface area contributed by atoms with Crippen molar-refractivity contribution in [1.82, 2.24) is 9.71 Å². The number of anilines is 1. The van der Waals surface area contributed by atoms with Crippen LogP contribution in [-0.2, 0) is 10.0 Å². The fraction of sp³-hybridized carbons (Fsp3) is 0.286. The Balaban J connectivity index is 1.85. The molecule has 0 atom stereocenters. The van der Waals surface area contributed by atoms with Gasteiger partial charge in [-0.15, -0.1) is 11.3 Å². The van der Waals surface area contributed by atoms with Gasteiger partial charge in [0.25, 0.3) is 5.91 Å². The van der Waals surface area contributed by atoms with E-state index in [-0.39, 0.29) is 11.6 Å². The van der Waals surface area contributed by atoms with Gasteiger partial charge in [-0.3, -0.25) is 10.1 Å². The first-order chi connectivity index (χ1) is 10.8. The minimum absolute atomic E-state index is 0.0513. The highest BCUT2D eigenvalue weighted by atomic mass is 32.2. The van der Waals surface area contributed by atoms with Crippen LogP contribution < -0.4 is 10.0 Å². The highest BCUT2D eigenvalue weighted by Crippen LogP contribution is 2.24. The molecule has 1 saturated carbocycles. The number of amides is 1. The average Bonchev–Trinajstić information content (AvgIpc) is 3.19. The van der Waals surface area contributed by atoms with E-state index in [1.54, 1.807) is 6.20 Å². The lowest BCUT2D eigenvalue weighted by Gasteiger charge is -2.08. The molecule has 9 heteroatoms. The first kappa shape index (κ1) is 16.0. The van der Waals surface area contributed by atoms with Gasteiger partial charge in [-0.25, -0.2) is 22.5 Å². The van der Waals surface area contributed by atoms with Gasteiger partial charge in [-0.05, 0) is 38.0 Å². The Bertz CT molecular complexity index is 860. The summed E-state index contributed by atoms with van der Waals surface area (Å²) in [5.74, 6) is -1.43. The number of carbonyl (C=O) groups excluding carboxylic acids is 1. The second-order valence-corrected chi connectivity index (χ2v) is 8.19. The molecule has 3 rings (SSSR count). The Morgan fingerprint density at radius 1 is 1.39 bits per heavy atom. The van der Waals surface area contributed by atoms with Crippen molar-refractivity contribution in [2.75, 3.05) is 5.32 Å². The smallest absolute Gasteiger partial charge is 0.257 e. The molecule has 2 N–H and O–H groups in total. The number of hydrogen-bond donors (Lipinski definition) is 2. The maximum absolute atomic E-state index is 13.9. The molecule has 23 heavy (non-hydrogen) atoms. The second kappa shape index (κ2) is 5.99. The van der Waals surface area contributed by atoms with Gasteiger partial charge < -0.3 is 0 Å². The van der Waals surface area contributed by atoms with Crippen molar-refractivity contribution in [2.24, 2.45) is 0 Å². The molecule has 1 aliphatic carbocycles. The highest BCUT2D eigenvalue weighted by molar-refractivity contribution is 7.89. The Labute approximate surface area is 136 Å². The van der Waals surface area contributed by atoms with E-state index in [4.69, 9.17) is 0 Å². The molecular weight excluding hydrogens is 341 g/mol. The van der Waals surface area contributed by atoms with Crippen molar-refractivity contribution in [3.8, 4) is 0 Å². The summed E-state index contributed by atoms with van der Waals surface area (Å²) in [7, 11) is -3.97. The van der Waals surface area contributed by atoms with Gasteiger partial charge in [0.2, 0.25) is 10.0 Å². The number of carbonyl (C=O) groups is 1. The number of aryl methyl sites for hydroxylation is 1. The van der Waals surface area contributed by atoms with Crippen molar-refractivity contribution in [3.05, 3.63) is 40.7 Å².